The van der Waals surface area contributed by atoms with Gasteiger partial charge in [0.1, 0.15) is 5.69 Å². The van der Waals surface area contributed by atoms with Crippen LogP contribution < -0.4 is 5.32 Å². The molecule has 2 aliphatic rings. The molecule has 0 radical (unpaired) electrons. The number of hydrogen-bond donors (Lipinski definition) is 1. The van der Waals surface area contributed by atoms with Gasteiger partial charge in [0.2, 0.25) is 0 Å². The number of hydrogen-bond acceptors (Lipinski definition) is 4. The maximum atomic E-state index is 12.8. The number of nitrogens with zero attached hydrogens (tertiary/aromatic N) is 2. The van der Waals surface area contributed by atoms with Crippen molar-refractivity contribution >= 4 is 17.2 Å². The van der Waals surface area contributed by atoms with Crippen molar-refractivity contribution in [3.8, 4) is 0 Å². The van der Waals surface area contributed by atoms with E-state index in [-0.39, 0.29) is 5.91 Å². The van der Waals surface area contributed by atoms with E-state index in [0.29, 0.717) is 5.69 Å². The lowest BCUT2D eigenvalue weighted by atomic mass is 9.92. The van der Waals surface area contributed by atoms with Crippen molar-refractivity contribution in [3.05, 3.63) is 52.0 Å². The van der Waals surface area contributed by atoms with E-state index < -0.39 is 0 Å². The van der Waals surface area contributed by atoms with Crippen LogP contribution in [0.15, 0.2) is 35.7 Å². The molecule has 1 aromatic heterocycles. The van der Waals surface area contributed by atoms with Gasteiger partial charge in [-0.2, -0.15) is 0 Å². The molecule has 0 saturated carbocycles. The molecule has 24 heavy (non-hydrogen) atoms. The lowest BCUT2D eigenvalue weighted by Gasteiger charge is -2.19. The minimum absolute atomic E-state index is 0.110. The van der Waals surface area contributed by atoms with E-state index in [9.17, 15) is 4.79 Å². The van der Waals surface area contributed by atoms with Gasteiger partial charge in [0.15, 0.2) is 0 Å². The van der Waals surface area contributed by atoms with Gasteiger partial charge in [-0.15, -0.1) is 11.3 Å². The maximum Gasteiger partial charge on any atom is 0.273 e. The first-order chi connectivity index (χ1) is 11.8. The molecule has 3 heterocycles. The second-order valence-electron chi connectivity index (χ2n) is 6.84. The molecule has 2 aliphatic heterocycles. The van der Waals surface area contributed by atoms with Gasteiger partial charge < -0.3 is 10.2 Å². The van der Waals surface area contributed by atoms with Crippen molar-refractivity contribution in [3.63, 3.8) is 0 Å². The number of carbonyl (C=O) groups excluding carboxylic acids is 1. The molecule has 0 unspecified atom stereocenters. The Hall–Kier alpha value is -1.72. The number of benzene rings is 1. The molecule has 4 nitrogen and oxygen atoms in total. The van der Waals surface area contributed by atoms with Crippen LogP contribution in [0.1, 0.15) is 33.9 Å². The van der Waals surface area contributed by atoms with Gasteiger partial charge in [-0.1, -0.05) is 30.3 Å². The fourth-order valence-electron chi connectivity index (χ4n) is 3.84. The Bertz CT molecular complexity index is 686. The van der Waals surface area contributed by atoms with Crippen molar-refractivity contribution in [2.45, 2.75) is 19.3 Å². The highest BCUT2D eigenvalue weighted by atomic mass is 32.1. The second kappa shape index (κ2) is 7.03. The van der Waals surface area contributed by atoms with Crippen LogP contribution in [0, 0.1) is 11.8 Å². The van der Waals surface area contributed by atoms with Gasteiger partial charge in [-0.25, -0.2) is 4.98 Å². The first-order valence-corrected chi connectivity index (χ1v) is 9.66. The Morgan fingerprint density at radius 1 is 1.17 bits per heavy atom. The van der Waals surface area contributed by atoms with Gasteiger partial charge in [-0.3, -0.25) is 4.79 Å². The zero-order valence-electron chi connectivity index (χ0n) is 13.8. The minimum Gasteiger partial charge on any atom is -0.337 e. The summed E-state index contributed by atoms with van der Waals surface area (Å²) >= 11 is 1.59. The summed E-state index contributed by atoms with van der Waals surface area (Å²) in [5.41, 5.74) is 1.86. The maximum absolute atomic E-state index is 12.8. The normalized spacial score (nSPS) is 23.8. The van der Waals surface area contributed by atoms with Gasteiger partial charge in [0.05, 0.1) is 5.01 Å². The predicted molar refractivity (Wildman–Crippen MR) is 96.3 cm³/mol. The number of fused-ring (bicyclic) bond motifs is 1. The highest BCUT2D eigenvalue weighted by molar-refractivity contribution is 7.09. The van der Waals surface area contributed by atoms with Crippen LogP contribution in [0.5, 0.6) is 0 Å². The topological polar surface area (TPSA) is 45.2 Å². The van der Waals surface area contributed by atoms with Gasteiger partial charge in [0, 0.05) is 24.9 Å². The predicted octanol–water partition coefficient (Wildman–Crippen LogP) is 2.81. The number of amides is 1. The standard InChI is InChI=1S/C19H23N3OS/c23-19(22-8-6-15-11-20-12-16(15)7-9-22)17-13-24-18(21-17)10-14-4-2-1-3-5-14/h1-5,13,15-16,20H,6-12H2/t15-,16+. The molecule has 1 aromatic carbocycles. The number of thiazole rings is 1. The summed E-state index contributed by atoms with van der Waals surface area (Å²) in [6.07, 6.45) is 3.03. The van der Waals surface area contributed by atoms with E-state index in [1.165, 1.54) is 5.56 Å². The molecule has 5 heteroatoms. The molecule has 2 atom stereocenters. The molecule has 126 valence electrons. The number of rotatable bonds is 3. The highest BCUT2D eigenvalue weighted by Crippen LogP contribution is 2.28. The van der Waals surface area contributed by atoms with Crippen LogP contribution in [0.3, 0.4) is 0 Å². The lowest BCUT2D eigenvalue weighted by Crippen LogP contribution is -2.33. The van der Waals surface area contributed by atoms with Crippen LogP contribution >= 0.6 is 11.3 Å². The van der Waals surface area contributed by atoms with Crippen LogP contribution in [0.25, 0.3) is 0 Å². The van der Waals surface area contributed by atoms with Crippen LogP contribution in [0.2, 0.25) is 0 Å². The Kier molecular flexibility index (Phi) is 4.63. The first kappa shape index (κ1) is 15.8. The van der Waals surface area contributed by atoms with E-state index in [1.807, 2.05) is 28.5 Å². The largest absolute Gasteiger partial charge is 0.337 e. The molecule has 2 aromatic rings. The summed E-state index contributed by atoms with van der Waals surface area (Å²) in [7, 11) is 0. The van der Waals surface area contributed by atoms with Crippen LogP contribution in [0.4, 0.5) is 0 Å². The quantitative estimate of drug-likeness (QED) is 0.934. The fourth-order valence-corrected chi connectivity index (χ4v) is 4.65. The minimum atomic E-state index is 0.110. The summed E-state index contributed by atoms with van der Waals surface area (Å²) in [6.45, 7) is 3.97. The fraction of sp³-hybridized carbons (Fsp3) is 0.474. The molecular formula is C19H23N3OS. The summed E-state index contributed by atoms with van der Waals surface area (Å²) in [5.74, 6) is 1.59. The van der Waals surface area contributed by atoms with E-state index >= 15 is 0 Å². The zero-order chi connectivity index (χ0) is 16.4. The summed E-state index contributed by atoms with van der Waals surface area (Å²) in [4.78, 5) is 19.4. The monoisotopic (exact) mass is 341 g/mol. The molecule has 0 aliphatic carbocycles. The zero-order valence-corrected chi connectivity index (χ0v) is 14.6. The SMILES string of the molecule is O=C(c1csc(Cc2ccccc2)n1)N1CC[C@@H]2CNC[C@@H]2CC1. The third-order valence-electron chi connectivity index (χ3n) is 5.28. The van der Waals surface area contributed by atoms with Gasteiger partial charge >= 0.3 is 0 Å². The molecule has 2 saturated heterocycles. The third-order valence-corrected chi connectivity index (χ3v) is 6.12. The Morgan fingerprint density at radius 2 is 1.88 bits per heavy atom. The highest BCUT2D eigenvalue weighted by Gasteiger charge is 2.32. The average molecular weight is 341 g/mol. The number of nitrogens with one attached hydrogen (secondary N) is 1. The average Bonchev–Trinajstić information content (AvgIpc) is 3.21. The lowest BCUT2D eigenvalue weighted by molar-refractivity contribution is 0.0753. The van der Waals surface area contributed by atoms with Crippen molar-refractivity contribution in [2.75, 3.05) is 26.2 Å². The molecule has 0 bridgehead atoms. The van der Waals surface area contributed by atoms with E-state index in [1.54, 1.807) is 11.3 Å². The van der Waals surface area contributed by atoms with Crippen molar-refractivity contribution < 1.29 is 4.79 Å². The number of aromatic nitrogens is 1. The summed E-state index contributed by atoms with van der Waals surface area (Å²) < 4.78 is 0. The summed E-state index contributed by atoms with van der Waals surface area (Å²) in [5, 5.41) is 6.42. The molecule has 2 fully saturated rings. The van der Waals surface area contributed by atoms with Crippen LogP contribution in [-0.2, 0) is 6.42 Å². The van der Waals surface area contributed by atoms with E-state index in [2.05, 4.69) is 22.4 Å². The van der Waals surface area contributed by atoms with Crippen molar-refractivity contribution in [1.29, 1.82) is 0 Å². The molecule has 4 rings (SSSR count). The van der Waals surface area contributed by atoms with Crippen molar-refractivity contribution in [1.82, 2.24) is 15.2 Å². The molecule has 0 spiro atoms. The van der Waals surface area contributed by atoms with Crippen molar-refractivity contribution in [2.24, 2.45) is 11.8 Å². The smallest absolute Gasteiger partial charge is 0.273 e. The Balaban J connectivity index is 1.41. The number of carbonyl (C=O) groups is 1. The van der Waals surface area contributed by atoms with E-state index in [4.69, 9.17) is 0 Å². The van der Waals surface area contributed by atoms with E-state index in [0.717, 1.165) is 62.3 Å². The first-order valence-electron chi connectivity index (χ1n) is 8.78. The Labute approximate surface area is 146 Å². The third kappa shape index (κ3) is 3.37. The van der Waals surface area contributed by atoms with Gasteiger partial charge in [0.25, 0.3) is 5.91 Å². The molecule has 1 N–H and O–H groups in total. The van der Waals surface area contributed by atoms with Gasteiger partial charge in [-0.05, 0) is 43.3 Å². The second-order valence-corrected chi connectivity index (χ2v) is 7.78. The molecule has 1 amide bonds. The number of likely N-dealkylation sites (tertiary alicyclic amines) is 1. The Morgan fingerprint density at radius 3 is 2.58 bits per heavy atom. The molecular weight excluding hydrogens is 318 g/mol. The van der Waals surface area contributed by atoms with Crippen LogP contribution in [-0.4, -0.2) is 42.0 Å². The summed E-state index contributed by atoms with van der Waals surface area (Å²) in [6, 6.07) is 10.3.